The number of hydrogen-bond donors (Lipinski definition) is 6. The van der Waals surface area contributed by atoms with Gasteiger partial charge in [-0.1, -0.05) is 17.4 Å². The Bertz CT molecular complexity index is 4890. The number of thiazole rings is 1. The van der Waals surface area contributed by atoms with Crippen molar-refractivity contribution in [2.24, 2.45) is 30.7 Å². The molecule has 0 radical (unpaired) electrons. The van der Waals surface area contributed by atoms with Gasteiger partial charge in [-0.25, -0.2) is 9.97 Å². The maximum absolute atomic E-state index is 12.5. The SMILES string of the molecule is COc1cc2nc3c(C#N)c(C)c(N=Nc4cc(C)c(N=Nc5cc(C)c(N=Nc6nc7c(S(=O)(=O)O)cc8ccc(S(=O)(=O)O)cc8c7s6)cc5SCCCS(=O)(=O)O)cc4OCCCS(=O)(=O)O)c(O)n3c2cc1S(=O)(=O)O.O=S(=O)=O. The average Bonchev–Trinajstić information content (AvgIpc) is 1.65. The summed E-state index contributed by atoms with van der Waals surface area (Å²) in [6.45, 7) is 4.37. The number of aryl methyl sites for hydroxylation is 2. The Morgan fingerprint density at radius 2 is 1.29 bits per heavy atom. The fourth-order valence-corrected chi connectivity index (χ4v) is 12.8. The maximum Gasteiger partial charge on any atom is 0.425 e. The van der Waals surface area contributed by atoms with Crippen molar-refractivity contribution in [2.75, 3.05) is 31.0 Å². The molecule has 6 N–H and O–H groups in total. The molecule has 8 rings (SSSR count). The van der Waals surface area contributed by atoms with E-state index in [1.54, 1.807) is 19.9 Å². The van der Waals surface area contributed by atoms with Crippen LogP contribution >= 0.6 is 23.1 Å². The lowest BCUT2D eigenvalue weighted by Crippen LogP contribution is -2.08. The number of azo groups is 3. The number of fused-ring (bicyclic) bond motifs is 6. The Morgan fingerprint density at radius 3 is 1.89 bits per heavy atom. The smallest absolute Gasteiger partial charge is 0.425 e. The third-order valence-corrected chi connectivity index (χ3v) is 17.9. The zero-order valence-corrected chi connectivity index (χ0v) is 49.6. The molecule has 444 valence electrons. The Labute approximate surface area is 485 Å². The summed E-state index contributed by atoms with van der Waals surface area (Å²) in [6.07, 6.45) is -0.216. The van der Waals surface area contributed by atoms with Crippen molar-refractivity contribution >= 4 is 156 Å². The highest BCUT2D eigenvalue weighted by atomic mass is 32.2. The molecule has 3 heterocycles. The summed E-state index contributed by atoms with van der Waals surface area (Å²) < 4.78 is 206. The van der Waals surface area contributed by atoms with Crippen LogP contribution in [0.4, 0.5) is 33.6 Å². The summed E-state index contributed by atoms with van der Waals surface area (Å²) in [5, 5.41) is 48.1. The van der Waals surface area contributed by atoms with Crippen molar-refractivity contribution < 1.29 is 92.1 Å². The van der Waals surface area contributed by atoms with E-state index in [1.165, 1.54) is 37.3 Å². The largest absolute Gasteiger partial charge is 0.495 e. The number of nitrogens with zero attached hydrogens (tertiary/aromatic N) is 10. The topological polar surface area (TPSA) is 490 Å². The normalized spacial score (nSPS) is 12.7. The molecule has 0 saturated carbocycles. The van der Waals surface area contributed by atoms with Gasteiger partial charge in [-0.15, -0.1) is 50.0 Å². The van der Waals surface area contributed by atoms with Crippen LogP contribution in [-0.2, 0) is 61.2 Å². The molecule has 0 spiro atoms. The van der Waals surface area contributed by atoms with Crippen LogP contribution in [0, 0.1) is 32.1 Å². The quantitative estimate of drug-likeness (QED) is 0.0180. The first kappa shape index (κ1) is 64.0. The predicted molar refractivity (Wildman–Crippen MR) is 300 cm³/mol. The molecular weight excluding hydrogens is 1270 g/mol. The molecule has 31 nitrogen and oxygen atoms in total. The van der Waals surface area contributed by atoms with Gasteiger partial charge >= 0.3 is 10.6 Å². The number of rotatable bonds is 20. The molecular formula is C45H40N10O21S8. The zero-order chi connectivity index (χ0) is 62.0. The summed E-state index contributed by atoms with van der Waals surface area (Å²) in [4.78, 5) is 7.24. The van der Waals surface area contributed by atoms with Gasteiger partial charge in [-0.3, -0.25) is 27.2 Å². The number of aromatic hydroxyl groups is 1. The minimum Gasteiger partial charge on any atom is -0.495 e. The highest BCUT2D eigenvalue weighted by Crippen LogP contribution is 2.45. The van der Waals surface area contributed by atoms with E-state index >= 15 is 0 Å². The van der Waals surface area contributed by atoms with E-state index in [-0.39, 0.29) is 119 Å². The number of methoxy groups -OCH3 is 1. The highest BCUT2D eigenvalue weighted by Gasteiger charge is 2.26. The summed E-state index contributed by atoms with van der Waals surface area (Å²) in [5.74, 6) is -2.13. The second-order valence-corrected chi connectivity index (χ2v) is 27.3. The van der Waals surface area contributed by atoms with Gasteiger partial charge in [0, 0.05) is 28.0 Å². The number of benzene rings is 5. The Kier molecular flexibility index (Phi) is 19.0. The number of imidazole rings is 1. The van der Waals surface area contributed by atoms with Crippen LogP contribution in [-0.4, -0.2) is 128 Å². The standard InChI is InChI=1S/C45H40N10O18S7.O3S/c1-22-13-32(51-53-40-24(3)28(21-46)43-47-31-18-36(72-4)38(79(66,67)68)20-34(31)55(43)44(40)56)35(73-9-5-11-76(57,58)59)17-29(22)49-52-33-14-23(2)30(19-37(33)74-10-6-12-77(60,61)62)50-54-45-48-41-39(80(69,70)71)15-25-7-8-26(78(63,64)65)16-27(25)42(41)75-45;1-4(2)3/h7-8,13-20,56H,5-6,9-12H2,1-4H3,(H,57,58,59)(H,60,61,62)(H,63,64,65)(H,66,67,68)(H,69,70,71);. The van der Waals surface area contributed by atoms with Crippen molar-refractivity contribution in [3.05, 3.63) is 82.9 Å². The molecule has 5 aromatic carbocycles. The first-order valence-corrected chi connectivity index (χ1v) is 33.3. The lowest BCUT2D eigenvalue weighted by atomic mass is 10.1. The molecule has 0 amide bonds. The second-order valence-electron chi connectivity index (χ2n) is 17.4. The van der Waals surface area contributed by atoms with Crippen molar-refractivity contribution in [3.63, 3.8) is 0 Å². The van der Waals surface area contributed by atoms with Gasteiger partial charge < -0.3 is 14.6 Å². The summed E-state index contributed by atoms with van der Waals surface area (Å²) >= 11 is 1.90. The van der Waals surface area contributed by atoms with Crippen LogP contribution in [0.25, 0.3) is 37.7 Å². The van der Waals surface area contributed by atoms with Crippen LogP contribution < -0.4 is 9.47 Å². The van der Waals surface area contributed by atoms with Crippen LogP contribution in [0.3, 0.4) is 0 Å². The fraction of sp³-hybridized carbons (Fsp3) is 0.222. The van der Waals surface area contributed by atoms with E-state index in [1.807, 2.05) is 6.07 Å². The van der Waals surface area contributed by atoms with Crippen molar-refractivity contribution in [1.82, 2.24) is 14.4 Å². The van der Waals surface area contributed by atoms with Crippen LogP contribution in [0.2, 0.25) is 0 Å². The molecule has 0 fully saturated rings. The summed E-state index contributed by atoms with van der Waals surface area (Å²) in [5.41, 5.74) is 0.678. The molecule has 0 bridgehead atoms. The van der Waals surface area contributed by atoms with Crippen molar-refractivity contribution in [3.8, 4) is 23.4 Å². The summed E-state index contributed by atoms with van der Waals surface area (Å²) in [6, 6.07) is 14.5. The van der Waals surface area contributed by atoms with E-state index in [4.69, 9.17) is 22.1 Å². The maximum atomic E-state index is 12.5. The molecule has 0 aliphatic carbocycles. The molecule has 0 unspecified atom stereocenters. The van der Waals surface area contributed by atoms with Crippen LogP contribution in [0.15, 0.2) is 111 Å². The van der Waals surface area contributed by atoms with E-state index in [9.17, 15) is 75.2 Å². The monoisotopic (exact) mass is 1310 g/mol. The van der Waals surface area contributed by atoms with Crippen molar-refractivity contribution in [1.29, 1.82) is 5.26 Å². The van der Waals surface area contributed by atoms with E-state index in [0.717, 1.165) is 58.9 Å². The minimum absolute atomic E-state index is 0.0145. The number of thioether (sulfide) groups is 1. The first-order valence-electron chi connectivity index (χ1n) is 23.0. The van der Waals surface area contributed by atoms with E-state index < -0.39 is 93.3 Å². The number of nitriles is 1. The van der Waals surface area contributed by atoms with Gasteiger partial charge in [0.25, 0.3) is 50.6 Å². The molecule has 0 aliphatic rings. The molecule has 0 atom stereocenters. The Morgan fingerprint density at radius 1 is 0.690 bits per heavy atom. The Balaban J connectivity index is 0.00000245. The third-order valence-electron chi connectivity index (χ3n) is 11.6. The van der Waals surface area contributed by atoms with Gasteiger partial charge in [0.15, 0.2) is 11.3 Å². The van der Waals surface area contributed by atoms with E-state index in [2.05, 4.69) is 40.7 Å². The lowest BCUT2D eigenvalue weighted by Gasteiger charge is -2.12. The average molecular weight is 1310 g/mol. The van der Waals surface area contributed by atoms with Gasteiger partial charge in [-0.2, -0.15) is 52.5 Å². The molecule has 3 aromatic heterocycles. The number of hydrogen-bond acceptors (Lipinski definition) is 27. The minimum atomic E-state index is -4.89. The molecule has 84 heavy (non-hydrogen) atoms. The molecule has 0 aliphatic heterocycles. The second kappa shape index (κ2) is 24.9. The summed E-state index contributed by atoms with van der Waals surface area (Å²) in [7, 11) is -25.1. The van der Waals surface area contributed by atoms with Crippen LogP contribution in [0.5, 0.6) is 17.4 Å². The third kappa shape index (κ3) is 15.2. The predicted octanol–water partition coefficient (Wildman–Crippen LogP) is 8.77. The van der Waals surface area contributed by atoms with Gasteiger partial charge in [0.1, 0.15) is 44.1 Å². The zero-order valence-electron chi connectivity index (χ0n) is 43.1. The van der Waals surface area contributed by atoms with E-state index in [0.29, 0.717) is 16.0 Å². The molecule has 8 aromatic rings. The number of aromatic nitrogens is 3. The van der Waals surface area contributed by atoms with Gasteiger partial charge in [-0.05, 0) is 98.3 Å². The Hall–Kier alpha value is -7.59. The number of ether oxygens (including phenoxy) is 2. The van der Waals surface area contributed by atoms with Crippen molar-refractivity contribution in [2.45, 2.75) is 53.2 Å². The number of pyridine rings is 1. The first-order chi connectivity index (χ1) is 39.1. The van der Waals surface area contributed by atoms with Crippen LogP contribution in [0.1, 0.15) is 35.1 Å². The molecule has 39 heteroatoms. The lowest BCUT2D eigenvalue weighted by molar-refractivity contribution is 0.317. The highest BCUT2D eigenvalue weighted by molar-refractivity contribution is 7.99. The fourth-order valence-electron chi connectivity index (χ4n) is 7.85. The van der Waals surface area contributed by atoms with Gasteiger partial charge in [0.05, 0.1) is 62.9 Å². The molecule has 0 saturated heterocycles. The van der Waals surface area contributed by atoms with Gasteiger partial charge in [0.2, 0.25) is 11.0 Å².